The summed E-state index contributed by atoms with van der Waals surface area (Å²) < 4.78 is 0. The number of aliphatic imine (C=N–C) groups is 1. The molecule has 0 saturated heterocycles. The second-order valence-corrected chi connectivity index (χ2v) is 5.80. The number of aryl methyl sites for hydroxylation is 1. The fraction of sp³-hybridized carbons (Fsp3) is 0.500. The van der Waals surface area contributed by atoms with E-state index in [0.29, 0.717) is 18.4 Å². The summed E-state index contributed by atoms with van der Waals surface area (Å²) in [6.45, 7) is 2.04. The van der Waals surface area contributed by atoms with Crippen LogP contribution in [0.1, 0.15) is 36.8 Å². The number of hydrogen-bond donors (Lipinski definition) is 1. The Balaban J connectivity index is 1.66. The third-order valence-electron chi connectivity index (χ3n) is 4.01. The first kappa shape index (κ1) is 13.9. The highest BCUT2D eigenvalue weighted by Crippen LogP contribution is 2.21. The molecule has 1 aliphatic carbocycles. The van der Waals surface area contributed by atoms with Gasteiger partial charge in [0.05, 0.1) is 6.04 Å². The Hall–Kier alpha value is -2.04. The summed E-state index contributed by atoms with van der Waals surface area (Å²) in [6.07, 6.45) is 5.17. The molecular weight excluding hydrogens is 264 g/mol. The first-order chi connectivity index (χ1) is 10.2. The predicted molar refractivity (Wildman–Crippen MR) is 81.4 cm³/mol. The number of amides is 1. The average molecular weight is 284 g/mol. The molecule has 1 N–H and O–H groups in total. The third-order valence-corrected chi connectivity index (χ3v) is 4.01. The van der Waals surface area contributed by atoms with Gasteiger partial charge in [0.2, 0.25) is 5.96 Å². The van der Waals surface area contributed by atoms with Gasteiger partial charge >= 0.3 is 0 Å². The third kappa shape index (κ3) is 3.54. The molecular formula is C16H20N4O. The van der Waals surface area contributed by atoms with Crippen molar-refractivity contribution < 1.29 is 4.79 Å². The van der Waals surface area contributed by atoms with Crippen LogP contribution in [0.3, 0.4) is 0 Å². The Kier molecular flexibility index (Phi) is 4.08. The van der Waals surface area contributed by atoms with Crippen molar-refractivity contribution in [1.29, 1.82) is 0 Å². The fourth-order valence-corrected chi connectivity index (χ4v) is 2.74. The molecule has 1 heterocycles. The molecule has 1 aromatic carbocycles. The summed E-state index contributed by atoms with van der Waals surface area (Å²) in [4.78, 5) is 16.6. The number of guanidine groups is 1. The lowest BCUT2D eigenvalue weighted by Crippen LogP contribution is -2.41. The molecule has 1 atom stereocenters. The SMILES string of the molecule is Cc1ccc(CC2N=NC(=NC3CCCC3)NC2=O)cc1. The number of nitrogens with one attached hydrogen (secondary N) is 1. The molecule has 1 aromatic rings. The number of hydrogen-bond acceptors (Lipinski definition) is 3. The standard InChI is InChI=1S/C16H20N4O/c1-11-6-8-12(9-7-11)10-14-15(21)18-16(20-19-14)17-13-4-2-3-5-13/h6-9,13-14H,2-5,10H2,1H3,(H,17,18,21). The lowest BCUT2D eigenvalue weighted by Gasteiger charge is -2.17. The van der Waals surface area contributed by atoms with E-state index in [1.807, 2.05) is 31.2 Å². The van der Waals surface area contributed by atoms with Crippen LogP contribution < -0.4 is 5.32 Å². The zero-order valence-electron chi connectivity index (χ0n) is 12.2. The van der Waals surface area contributed by atoms with Crippen molar-refractivity contribution in [3.63, 3.8) is 0 Å². The minimum atomic E-state index is -0.449. The first-order valence-corrected chi connectivity index (χ1v) is 7.56. The lowest BCUT2D eigenvalue weighted by atomic mass is 10.0. The maximum Gasteiger partial charge on any atom is 0.253 e. The van der Waals surface area contributed by atoms with E-state index in [-0.39, 0.29) is 5.91 Å². The topological polar surface area (TPSA) is 66.2 Å². The summed E-state index contributed by atoms with van der Waals surface area (Å²) >= 11 is 0. The number of nitrogens with zero attached hydrogens (tertiary/aromatic N) is 3. The molecule has 1 amide bonds. The fourth-order valence-electron chi connectivity index (χ4n) is 2.74. The van der Waals surface area contributed by atoms with Gasteiger partial charge < -0.3 is 0 Å². The zero-order chi connectivity index (χ0) is 14.7. The summed E-state index contributed by atoms with van der Waals surface area (Å²) in [5.74, 6) is 0.273. The van der Waals surface area contributed by atoms with Crippen molar-refractivity contribution in [2.75, 3.05) is 0 Å². The summed E-state index contributed by atoms with van der Waals surface area (Å²) in [7, 11) is 0. The molecule has 110 valence electrons. The van der Waals surface area contributed by atoms with Crippen molar-refractivity contribution in [1.82, 2.24) is 5.32 Å². The number of azo groups is 1. The van der Waals surface area contributed by atoms with Gasteiger partial charge in [-0.1, -0.05) is 42.7 Å². The molecule has 0 radical (unpaired) electrons. The van der Waals surface area contributed by atoms with Crippen LogP contribution in [0.2, 0.25) is 0 Å². The van der Waals surface area contributed by atoms with Crippen molar-refractivity contribution in [3.8, 4) is 0 Å². The van der Waals surface area contributed by atoms with Gasteiger partial charge in [0.15, 0.2) is 6.04 Å². The van der Waals surface area contributed by atoms with E-state index in [1.54, 1.807) is 0 Å². The molecule has 1 saturated carbocycles. The Bertz CT molecular complexity index is 570. The summed E-state index contributed by atoms with van der Waals surface area (Å²) in [5, 5.41) is 11.0. The minimum Gasteiger partial charge on any atom is -0.292 e. The highest BCUT2D eigenvalue weighted by Gasteiger charge is 2.25. The van der Waals surface area contributed by atoms with E-state index < -0.39 is 6.04 Å². The Morgan fingerprint density at radius 1 is 1.24 bits per heavy atom. The molecule has 1 unspecified atom stereocenters. The van der Waals surface area contributed by atoms with Crippen molar-refractivity contribution >= 4 is 11.9 Å². The van der Waals surface area contributed by atoms with Gasteiger partial charge in [-0.25, -0.2) is 4.99 Å². The van der Waals surface area contributed by atoms with Crippen LogP contribution in [0, 0.1) is 6.92 Å². The summed E-state index contributed by atoms with van der Waals surface area (Å²) in [5.41, 5.74) is 2.30. The van der Waals surface area contributed by atoms with E-state index >= 15 is 0 Å². The lowest BCUT2D eigenvalue weighted by molar-refractivity contribution is -0.121. The normalized spacial score (nSPS) is 24.5. The predicted octanol–water partition coefficient (Wildman–Crippen LogP) is 2.79. The van der Waals surface area contributed by atoms with Gasteiger partial charge in [-0.3, -0.25) is 10.1 Å². The quantitative estimate of drug-likeness (QED) is 0.911. The van der Waals surface area contributed by atoms with E-state index in [0.717, 1.165) is 18.4 Å². The van der Waals surface area contributed by atoms with E-state index in [1.165, 1.54) is 18.4 Å². The van der Waals surface area contributed by atoms with Gasteiger partial charge in [0.1, 0.15) is 0 Å². The average Bonchev–Trinajstić information content (AvgIpc) is 2.97. The largest absolute Gasteiger partial charge is 0.292 e. The maximum atomic E-state index is 12.1. The van der Waals surface area contributed by atoms with Gasteiger partial charge in [-0.15, -0.1) is 5.11 Å². The Labute approximate surface area is 124 Å². The van der Waals surface area contributed by atoms with Crippen molar-refractivity contribution in [3.05, 3.63) is 35.4 Å². The van der Waals surface area contributed by atoms with Crippen LogP contribution in [-0.4, -0.2) is 24.0 Å². The van der Waals surface area contributed by atoms with E-state index in [4.69, 9.17) is 0 Å². The molecule has 5 heteroatoms. The van der Waals surface area contributed by atoms with Crippen LogP contribution in [-0.2, 0) is 11.2 Å². The summed E-state index contributed by atoms with van der Waals surface area (Å²) in [6, 6.07) is 7.99. The monoisotopic (exact) mass is 284 g/mol. The van der Waals surface area contributed by atoms with E-state index in [2.05, 4.69) is 20.5 Å². The zero-order valence-corrected chi connectivity index (χ0v) is 12.2. The molecule has 21 heavy (non-hydrogen) atoms. The number of rotatable bonds is 3. The molecule has 2 aliphatic rings. The van der Waals surface area contributed by atoms with E-state index in [9.17, 15) is 4.79 Å². The van der Waals surface area contributed by atoms with Crippen molar-refractivity contribution in [2.24, 2.45) is 15.2 Å². The van der Waals surface area contributed by atoms with Gasteiger partial charge in [0, 0.05) is 6.42 Å². The van der Waals surface area contributed by atoms with Crippen LogP contribution in [0.4, 0.5) is 0 Å². The molecule has 0 spiro atoms. The maximum absolute atomic E-state index is 12.1. The van der Waals surface area contributed by atoms with Gasteiger partial charge in [0.25, 0.3) is 5.91 Å². The second-order valence-electron chi connectivity index (χ2n) is 5.80. The molecule has 1 fully saturated rings. The molecule has 0 bridgehead atoms. The Morgan fingerprint density at radius 2 is 1.95 bits per heavy atom. The van der Waals surface area contributed by atoms with Gasteiger partial charge in [-0.2, -0.15) is 5.11 Å². The van der Waals surface area contributed by atoms with Crippen LogP contribution >= 0.6 is 0 Å². The highest BCUT2D eigenvalue weighted by molar-refractivity contribution is 6.01. The first-order valence-electron chi connectivity index (χ1n) is 7.56. The van der Waals surface area contributed by atoms with Crippen LogP contribution in [0.5, 0.6) is 0 Å². The van der Waals surface area contributed by atoms with Gasteiger partial charge in [-0.05, 0) is 25.3 Å². The molecule has 1 aliphatic heterocycles. The Morgan fingerprint density at radius 3 is 2.62 bits per heavy atom. The molecule has 5 nitrogen and oxygen atoms in total. The molecule has 0 aromatic heterocycles. The number of carbonyl (C=O) groups excluding carboxylic acids is 1. The highest BCUT2D eigenvalue weighted by atomic mass is 16.2. The van der Waals surface area contributed by atoms with Crippen molar-refractivity contribution in [2.45, 2.75) is 51.1 Å². The van der Waals surface area contributed by atoms with Crippen LogP contribution in [0.15, 0.2) is 39.5 Å². The number of benzene rings is 1. The second kappa shape index (κ2) is 6.16. The van der Waals surface area contributed by atoms with Crippen LogP contribution in [0.25, 0.3) is 0 Å². The molecule has 3 rings (SSSR count). The minimum absolute atomic E-state index is 0.109. The smallest absolute Gasteiger partial charge is 0.253 e. The number of carbonyl (C=O) groups is 1.